The fourth-order valence-electron chi connectivity index (χ4n) is 5.13. The van der Waals surface area contributed by atoms with Gasteiger partial charge in [0.1, 0.15) is 0 Å². The lowest BCUT2D eigenvalue weighted by atomic mass is 9.60. The summed E-state index contributed by atoms with van der Waals surface area (Å²) in [4.78, 5) is 2.67. The van der Waals surface area contributed by atoms with E-state index in [1.165, 1.54) is 71.0 Å². The summed E-state index contributed by atoms with van der Waals surface area (Å²) in [6, 6.07) is 0. The highest BCUT2D eigenvalue weighted by Crippen LogP contribution is 2.54. The average Bonchev–Trinajstić information content (AvgIpc) is 3.01. The topological polar surface area (TPSA) is 3.24 Å². The van der Waals surface area contributed by atoms with Gasteiger partial charge in [-0.25, -0.2) is 0 Å². The summed E-state index contributed by atoms with van der Waals surface area (Å²) >= 11 is 0. The first-order valence-corrected chi connectivity index (χ1v) is 9.36. The van der Waals surface area contributed by atoms with Crippen LogP contribution in [0.15, 0.2) is 47.6 Å². The Labute approximate surface area is 135 Å². The molecule has 118 valence electrons. The second-order valence-electron chi connectivity index (χ2n) is 7.56. The van der Waals surface area contributed by atoms with E-state index in [9.17, 15) is 0 Å². The molecule has 0 bridgehead atoms. The zero-order chi connectivity index (χ0) is 14.8. The van der Waals surface area contributed by atoms with Crippen molar-refractivity contribution in [1.82, 2.24) is 4.90 Å². The molecular weight excluding hydrogens is 266 g/mol. The molecule has 1 saturated heterocycles. The van der Waals surface area contributed by atoms with Gasteiger partial charge in [-0.05, 0) is 64.6 Å². The fraction of sp³-hybridized carbons (Fsp3) is 0.619. The van der Waals surface area contributed by atoms with E-state index in [4.69, 9.17) is 0 Å². The lowest BCUT2D eigenvalue weighted by molar-refractivity contribution is 0.284. The summed E-state index contributed by atoms with van der Waals surface area (Å²) < 4.78 is 0. The summed E-state index contributed by atoms with van der Waals surface area (Å²) in [5, 5.41) is 0. The molecule has 0 aromatic heterocycles. The van der Waals surface area contributed by atoms with Gasteiger partial charge in [0.15, 0.2) is 0 Å². The molecule has 1 spiro atoms. The fourth-order valence-corrected chi connectivity index (χ4v) is 5.13. The molecule has 3 aliphatic carbocycles. The SMILES string of the molecule is C1=CCC23CCCCC2=CC=CC(CCN2CCCC2)C3=C1. The van der Waals surface area contributed by atoms with Crippen molar-refractivity contribution in [3.8, 4) is 0 Å². The van der Waals surface area contributed by atoms with Crippen molar-refractivity contribution in [1.29, 1.82) is 0 Å². The van der Waals surface area contributed by atoms with Crippen molar-refractivity contribution >= 4 is 0 Å². The van der Waals surface area contributed by atoms with Crippen LogP contribution in [0.2, 0.25) is 0 Å². The lowest BCUT2D eigenvalue weighted by Crippen LogP contribution is -2.33. The Kier molecular flexibility index (Phi) is 4.09. The first kappa shape index (κ1) is 14.5. The monoisotopic (exact) mass is 295 g/mol. The van der Waals surface area contributed by atoms with E-state index in [0.717, 1.165) is 0 Å². The van der Waals surface area contributed by atoms with Crippen molar-refractivity contribution in [3.63, 3.8) is 0 Å². The molecule has 1 heterocycles. The predicted molar refractivity (Wildman–Crippen MR) is 93.7 cm³/mol. The molecule has 2 atom stereocenters. The molecule has 4 rings (SSSR count). The third kappa shape index (κ3) is 2.54. The molecule has 2 unspecified atom stereocenters. The minimum Gasteiger partial charge on any atom is -0.303 e. The predicted octanol–water partition coefficient (Wildman–Crippen LogP) is 5.03. The normalized spacial score (nSPS) is 34.6. The quantitative estimate of drug-likeness (QED) is 0.705. The van der Waals surface area contributed by atoms with Gasteiger partial charge in [-0.1, -0.05) is 54.0 Å². The van der Waals surface area contributed by atoms with Crippen LogP contribution in [0.5, 0.6) is 0 Å². The smallest absolute Gasteiger partial charge is 0.0167 e. The molecule has 1 saturated carbocycles. The van der Waals surface area contributed by atoms with E-state index in [0.29, 0.717) is 11.3 Å². The van der Waals surface area contributed by atoms with Crippen molar-refractivity contribution in [2.24, 2.45) is 11.3 Å². The maximum absolute atomic E-state index is 2.67. The number of allylic oxidation sites excluding steroid dienone is 8. The molecule has 0 N–H and O–H groups in total. The molecule has 1 aliphatic heterocycles. The van der Waals surface area contributed by atoms with Crippen LogP contribution in [0, 0.1) is 11.3 Å². The van der Waals surface area contributed by atoms with Crippen molar-refractivity contribution in [2.45, 2.75) is 51.4 Å². The highest BCUT2D eigenvalue weighted by Gasteiger charge is 2.42. The molecular formula is C21H29N. The van der Waals surface area contributed by atoms with Crippen LogP contribution in [0.25, 0.3) is 0 Å². The number of rotatable bonds is 3. The minimum atomic E-state index is 0.381. The molecule has 4 aliphatic rings. The first-order valence-electron chi connectivity index (χ1n) is 9.36. The maximum atomic E-state index is 2.67. The third-order valence-corrected chi connectivity index (χ3v) is 6.34. The molecule has 1 nitrogen and oxygen atoms in total. The minimum absolute atomic E-state index is 0.381. The lowest BCUT2D eigenvalue weighted by Gasteiger charge is -2.44. The Hall–Kier alpha value is -1.08. The van der Waals surface area contributed by atoms with Gasteiger partial charge in [-0.2, -0.15) is 0 Å². The van der Waals surface area contributed by atoms with Crippen molar-refractivity contribution in [3.05, 3.63) is 47.6 Å². The standard InChI is InChI=1S/C21H29N/c1-3-13-21-14-4-2-11-20(21)18(8-7-10-19(21)9-1)12-17-22-15-5-6-16-22/h2,4,7-8,10-11,18H,1,3,5-6,9,12-17H2. The van der Waals surface area contributed by atoms with Crippen LogP contribution in [-0.2, 0) is 0 Å². The summed E-state index contributed by atoms with van der Waals surface area (Å²) in [6.45, 7) is 3.93. The van der Waals surface area contributed by atoms with Gasteiger partial charge >= 0.3 is 0 Å². The zero-order valence-corrected chi connectivity index (χ0v) is 13.8. The van der Waals surface area contributed by atoms with Gasteiger partial charge in [0.05, 0.1) is 0 Å². The highest BCUT2D eigenvalue weighted by molar-refractivity contribution is 5.43. The van der Waals surface area contributed by atoms with E-state index >= 15 is 0 Å². The number of hydrogen-bond acceptors (Lipinski definition) is 1. The molecule has 0 amide bonds. The van der Waals surface area contributed by atoms with E-state index < -0.39 is 0 Å². The van der Waals surface area contributed by atoms with E-state index in [-0.39, 0.29) is 0 Å². The zero-order valence-electron chi connectivity index (χ0n) is 13.8. The van der Waals surface area contributed by atoms with Crippen LogP contribution >= 0.6 is 0 Å². The second-order valence-corrected chi connectivity index (χ2v) is 7.56. The second kappa shape index (κ2) is 6.20. The first-order chi connectivity index (χ1) is 10.9. The third-order valence-electron chi connectivity index (χ3n) is 6.34. The molecule has 0 radical (unpaired) electrons. The molecule has 0 aromatic rings. The van der Waals surface area contributed by atoms with Crippen LogP contribution in [0.1, 0.15) is 51.4 Å². The Balaban J connectivity index is 1.57. The number of hydrogen-bond donors (Lipinski definition) is 0. The summed E-state index contributed by atoms with van der Waals surface area (Å²) in [5.41, 5.74) is 3.83. The number of nitrogens with zero attached hydrogens (tertiary/aromatic N) is 1. The van der Waals surface area contributed by atoms with Crippen LogP contribution < -0.4 is 0 Å². The summed E-state index contributed by atoms with van der Waals surface area (Å²) in [7, 11) is 0. The summed E-state index contributed by atoms with van der Waals surface area (Å²) in [6.07, 6.45) is 25.3. The van der Waals surface area contributed by atoms with Gasteiger partial charge in [0, 0.05) is 11.3 Å². The van der Waals surface area contributed by atoms with Crippen LogP contribution in [0.3, 0.4) is 0 Å². The van der Waals surface area contributed by atoms with Gasteiger partial charge in [0.2, 0.25) is 0 Å². The molecule has 1 heteroatoms. The highest BCUT2D eigenvalue weighted by atomic mass is 15.1. The molecule has 0 aromatic carbocycles. The van der Waals surface area contributed by atoms with Gasteiger partial charge in [0.25, 0.3) is 0 Å². The number of likely N-dealkylation sites (tertiary alicyclic amines) is 1. The van der Waals surface area contributed by atoms with Gasteiger partial charge < -0.3 is 4.90 Å². The molecule has 22 heavy (non-hydrogen) atoms. The van der Waals surface area contributed by atoms with Crippen LogP contribution in [0.4, 0.5) is 0 Å². The van der Waals surface area contributed by atoms with Gasteiger partial charge in [-0.15, -0.1) is 0 Å². The largest absolute Gasteiger partial charge is 0.303 e. The van der Waals surface area contributed by atoms with E-state index in [2.05, 4.69) is 41.4 Å². The Morgan fingerprint density at radius 1 is 1.05 bits per heavy atom. The summed E-state index contributed by atoms with van der Waals surface area (Å²) in [5.74, 6) is 0.650. The van der Waals surface area contributed by atoms with E-state index in [1.54, 1.807) is 11.1 Å². The van der Waals surface area contributed by atoms with Crippen molar-refractivity contribution < 1.29 is 0 Å². The Morgan fingerprint density at radius 3 is 2.86 bits per heavy atom. The Bertz CT molecular complexity index is 530. The Morgan fingerprint density at radius 2 is 1.95 bits per heavy atom. The van der Waals surface area contributed by atoms with Gasteiger partial charge in [-0.3, -0.25) is 0 Å². The van der Waals surface area contributed by atoms with E-state index in [1.807, 2.05) is 0 Å². The average molecular weight is 295 g/mol. The van der Waals surface area contributed by atoms with Crippen molar-refractivity contribution in [2.75, 3.05) is 19.6 Å². The maximum Gasteiger partial charge on any atom is 0.0167 e. The van der Waals surface area contributed by atoms with Crippen LogP contribution in [-0.4, -0.2) is 24.5 Å². The molecule has 2 fully saturated rings.